The van der Waals surface area contributed by atoms with Gasteiger partial charge in [0.1, 0.15) is 5.75 Å². The second-order valence-electron chi connectivity index (χ2n) is 6.74. The Morgan fingerprint density at radius 3 is 2.88 bits per heavy atom. The number of carbonyl (C=O) groups is 1. The zero-order valence-electron chi connectivity index (χ0n) is 15.2. The van der Waals surface area contributed by atoms with Crippen LogP contribution < -0.4 is 14.2 Å². The molecule has 2 aromatic carbocycles. The number of ether oxygens (including phenoxy) is 3. The number of hydrogen-bond acceptors (Lipinski definition) is 4. The third kappa shape index (κ3) is 2.87. The minimum absolute atomic E-state index is 0.0871. The summed E-state index contributed by atoms with van der Waals surface area (Å²) in [5, 5.41) is 0. The van der Waals surface area contributed by atoms with Gasteiger partial charge in [0, 0.05) is 36.6 Å². The molecular formula is C21H23NO4. The molecule has 1 fully saturated rings. The minimum Gasteiger partial charge on any atom is -0.493 e. The van der Waals surface area contributed by atoms with Crippen molar-refractivity contribution in [1.29, 1.82) is 0 Å². The van der Waals surface area contributed by atoms with Crippen LogP contribution in [0.2, 0.25) is 0 Å². The van der Waals surface area contributed by atoms with E-state index in [1.165, 1.54) is 0 Å². The average Bonchev–Trinajstić information content (AvgIpc) is 3.35. The van der Waals surface area contributed by atoms with Crippen LogP contribution in [0, 0.1) is 0 Å². The molecule has 0 aromatic heterocycles. The largest absolute Gasteiger partial charge is 0.493 e. The molecular weight excluding hydrogens is 330 g/mol. The van der Waals surface area contributed by atoms with E-state index in [4.69, 9.17) is 14.2 Å². The van der Waals surface area contributed by atoms with Crippen LogP contribution in [0.3, 0.4) is 0 Å². The molecule has 0 aliphatic carbocycles. The molecule has 2 aliphatic heterocycles. The Balaban J connectivity index is 1.53. The molecule has 0 saturated carbocycles. The molecule has 0 unspecified atom stereocenters. The Bertz CT molecular complexity index is 833. The van der Waals surface area contributed by atoms with Gasteiger partial charge in [0.15, 0.2) is 11.5 Å². The predicted octanol–water partition coefficient (Wildman–Crippen LogP) is 3.27. The number of benzene rings is 2. The van der Waals surface area contributed by atoms with E-state index in [1.54, 1.807) is 14.2 Å². The number of fused-ring (bicyclic) bond motifs is 1. The first kappa shape index (κ1) is 16.8. The van der Waals surface area contributed by atoms with E-state index in [2.05, 4.69) is 6.07 Å². The predicted molar refractivity (Wildman–Crippen MR) is 98.4 cm³/mol. The third-order valence-corrected chi connectivity index (χ3v) is 5.29. The Kier molecular flexibility index (Phi) is 4.45. The highest BCUT2D eigenvalue weighted by Gasteiger charge is 2.31. The van der Waals surface area contributed by atoms with Crippen molar-refractivity contribution < 1.29 is 19.0 Å². The van der Waals surface area contributed by atoms with Crippen LogP contribution in [-0.2, 0) is 6.42 Å². The van der Waals surface area contributed by atoms with Gasteiger partial charge in [0.2, 0.25) is 0 Å². The van der Waals surface area contributed by atoms with E-state index in [9.17, 15) is 4.79 Å². The molecule has 0 spiro atoms. The maximum Gasteiger partial charge on any atom is 0.253 e. The van der Waals surface area contributed by atoms with Gasteiger partial charge in [-0.05, 0) is 36.2 Å². The highest BCUT2D eigenvalue weighted by Crippen LogP contribution is 2.39. The fourth-order valence-corrected chi connectivity index (χ4v) is 3.93. The molecule has 0 radical (unpaired) electrons. The number of nitrogens with zero attached hydrogens (tertiary/aromatic N) is 1. The molecule has 4 rings (SSSR count). The number of amides is 1. The average molecular weight is 353 g/mol. The topological polar surface area (TPSA) is 48.0 Å². The molecule has 5 heteroatoms. The molecule has 0 bridgehead atoms. The summed E-state index contributed by atoms with van der Waals surface area (Å²) in [6.45, 7) is 2.14. The van der Waals surface area contributed by atoms with E-state index in [0.717, 1.165) is 53.3 Å². The molecule has 0 N–H and O–H groups in total. The van der Waals surface area contributed by atoms with Crippen molar-refractivity contribution in [3.05, 3.63) is 53.1 Å². The third-order valence-electron chi connectivity index (χ3n) is 5.29. The summed E-state index contributed by atoms with van der Waals surface area (Å²) < 4.78 is 16.5. The molecule has 136 valence electrons. The fraction of sp³-hybridized carbons (Fsp3) is 0.381. The van der Waals surface area contributed by atoms with E-state index in [-0.39, 0.29) is 11.8 Å². The smallest absolute Gasteiger partial charge is 0.253 e. The summed E-state index contributed by atoms with van der Waals surface area (Å²) in [7, 11) is 3.30. The molecule has 1 amide bonds. The lowest BCUT2D eigenvalue weighted by Gasteiger charge is -2.19. The summed E-state index contributed by atoms with van der Waals surface area (Å²) in [5.74, 6) is 2.74. The molecule has 2 heterocycles. The second kappa shape index (κ2) is 6.90. The normalized spacial score (nSPS) is 18.4. The first-order valence-electron chi connectivity index (χ1n) is 8.97. The zero-order valence-corrected chi connectivity index (χ0v) is 15.2. The van der Waals surface area contributed by atoms with Crippen molar-refractivity contribution in [1.82, 2.24) is 4.90 Å². The Morgan fingerprint density at radius 2 is 2.08 bits per heavy atom. The first-order chi connectivity index (χ1) is 12.7. The van der Waals surface area contributed by atoms with Crippen molar-refractivity contribution in [2.45, 2.75) is 18.8 Å². The van der Waals surface area contributed by atoms with Crippen molar-refractivity contribution in [2.24, 2.45) is 0 Å². The Morgan fingerprint density at radius 1 is 1.19 bits per heavy atom. The van der Waals surface area contributed by atoms with E-state index < -0.39 is 0 Å². The standard InChI is InChI=1S/C21H23NO4/c1-24-19-5-3-4-17(20(19)25-2)16-8-10-22(13-16)21(23)15-6-7-18-14(12-15)9-11-26-18/h3-7,12,16H,8-11,13H2,1-2H3/t16-/m0/s1. The Labute approximate surface area is 153 Å². The van der Waals surface area contributed by atoms with Gasteiger partial charge in [0.05, 0.1) is 20.8 Å². The minimum atomic E-state index is 0.0871. The van der Waals surface area contributed by atoms with Gasteiger partial charge in [-0.1, -0.05) is 12.1 Å². The summed E-state index contributed by atoms with van der Waals surface area (Å²) in [5.41, 5.74) is 2.97. The maximum atomic E-state index is 12.9. The molecule has 5 nitrogen and oxygen atoms in total. The lowest BCUT2D eigenvalue weighted by Crippen LogP contribution is -2.28. The maximum absolute atomic E-state index is 12.9. The van der Waals surface area contributed by atoms with Crippen LogP contribution in [0.5, 0.6) is 17.2 Å². The molecule has 1 saturated heterocycles. The number of rotatable bonds is 4. The van der Waals surface area contributed by atoms with Crippen molar-refractivity contribution >= 4 is 5.91 Å². The van der Waals surface area contributed by atoms with Gasteiger partial charge in [-0.25, -0.2) is 0 Å². The Hall–Kier alpha value is -2.69. The number of para-hydroxylation sites is 1. The van der Waals surface area contributed by atoms with Crippen LogP contribution in [0.1, 0.15) is 33.8 Å². The van der Waals surface area contributed by atoms with Crippen molar-refractivity contribution in [3.63, 3.8) is 0 Å². The van der Waals surface area contributed by atoms with Crippen LogP contribution >= 0.6 is 0 Å². The van der Waals surface area contributed by atoms with Gasteiger partial charge in [-0.3, -0.25) is 4.79 Å². The monoisotopic (exact) mass is 353 g/mol. The quantitative estimate of drug-likeness (QED) is 0.846. The molecule has 1 atom stereocenters. The van der Waals surface area contributed by atoms with E-state index >= 15 is 0 Å². The van der Waals surface area contributed by atoms with E-state index in [1.807, 2.05) is 35.2 Å². The van der Waals surface area contributed by atoms with Gasteiger partial charge >= 0.3 is 0 Å². The lowest BCUT2D eigenvalue weighted by atomic mass is 9.97. The molecule has 26 heavy (non-hydrogen) atoms. The van der Waals surface area contributed by atoms with Gasteiger partial charge in [-0.2, -0.15) is 0 Å². The van der Waals surface area contributed by atoms with Crippen LogP contribution in [-0.4, -0.2) is 44.7 Å². The summed E-state index contributed by atoms with van der Waals surface area (Å²) >= 11 is 0. The van der Waals surface area contributed by atoms with Gasteiger partial charge < -0.3 is 19.1 Å². The van der Waals surface area contributed by atoms with Crippen LogP contribution in [0.25, 0.3) is 0 Å². The number of carbonyl (C=O) groups excluding carboxylic acids is 1. The second-order valence-corrected chi connectivity index (χ2v) is 6.74. The highest BCUT2D eigenvalue weighted by molar-refractivity contribution is 5.95. The first-order valence-corrected chi connectivity index (χ1v) is 8.97. The highest BCUT2D eigenvalue weighted by atomic mass is 16.5. The SMILES string of the molecule is COc1cccc([C@H]2CCN(C(=O)c3ccc4c(c3)CCO4)C2)c1OC. The van der Waals surface area contributed by atoms with Crippen LogP contribution in [0.15, 0.2) is 36.4 Å². The number of likely N-dealkylation sites (tertiary alicyclic amines) is 1. The fourth-order valence-electron chi connectivity index (χ4n) is 3.93. The summed E-state index contributed by atoms with van der Waals surface area (Å²) in [6, 6.07) is 11.7. The van der Waals surface area contributed by atoms with Gasteiger partial charge in [-0.15, -0.1) is 0 Å². The van der Waals surface area contributed by atoms with E-state index in [0.29, 0.717) is 13.2 Å². The van der Waals surface area contributed by atoms with Crippen molar-refractivity contribution in [2.75, 3.05) is 33.9 Å². The zero-order chi connectivity index (χ0) is 18.1. The summed E-state index contributed by atoms with van der Waals surface area (Å²) in [6.07, 6.45) is 1.80. The molecule has 2 aliphatic rings. The number of methoxy groups -OCH3 is 2. The summed E-state index contributed by atoms with van der Waals surface area (Å²) in [4.78, 5) is 14.9. The molecule has 2 aromatic rings. The van der Waals surface area contributed by atoms with Gasteiger partial charge in [0.25, 0.3) is 5.91 Å². The van der Waals surface area contributed by atoms with Crippen LogP contribution in [0.4, 0.5) is 0 Å². The lowest BCUT2D eigenvalue weighted by molar-refractivity contribution is 0.0790. The number of hydrogen-bond donors (Lipinski definition) is 0. The van der Waals surface area contributed by atoms with Crippen molar-refractivity contribution in [3.8, 4) is 17.2 Å².